The molecule has 4 rings (SSSR count). The molecule has 2 aliphatic rings. The van der Waals surface area contributed by atoms with Crippen LogP contribution < -0.4 is 5.32 Å². The van der Waals surface area contributed by atoms with Crippen molar-refractivity contribution in [2.24, 2.45) is 13.0 Å². The average Bonchev–Trinajstić information content (AvgIpc) is 3.13. The van der Waals surface area contributed by atoms with Crippen molar-refractivity contribution in [3.05, 3.63) is 47.5 Å². The van der Waals surface area contributed by atoms with Crippen LogP contribution in [0, 0.1) is 12.8 Å². The van der Waals surface area contributed by atoms with E-state index < -0.39 is 0 Å². The van der Waals surface area contributed by atoms with Gasteiger partial charge in [0.05, 0.1) is 11.6 Å². The van der Waals surface area contributed by atoms with Gasteiger partial charge in [0.25, 0.3) is 5.91 Å². The minimum Gasteiger partial charge on any atom is -0.356 e. The van der Waals surface area contributed by atoms with Gasteiger partial charge in [0, 0.05) is 51.7 Å². The SMILES string of the molecule is Cc1cc(C(=O)N2CC[C@H]3C(=O)NCCCCCCN(Cc4ccncc4)[C@@H]3C2)n(C)n1. The number of nitrogens with zero attached hydrogens (tertiary/aromatic N) is 5. The summed E-state index contributed by atoms with van der Waals surface area (Å²) in [6.45, 7) is 5.44. The van der Waals surface area contributed by atoms with Crippen LogP contribution in [0.3, 0.4) is 0 Å². The first kappa shape index (κ1) is 22.5. The molecule has 0 saturated carbocycles. The quantitative estimate of drug-likeness (QED) is 0.794. The number of likely N-dealkylation sites (tertiary alicyclic amines) is 1. The zero-order chi connectivity index (χ0) is 22.5. The third-order valence-electron chi connectivity index (χ3n) is 6.70. The van der Waals surface area contributed by atoms with E-state index in [1.807, 2.05) is 49.5 Å². The number of carbonyl (C=O) groups excluding carboxylic acids is 2. The topological polar surface area (TPSA) is 83.4 Å². The molecule has 0 aromatic carbocycles. The molecule has 2 atom stereocenters. The zero-order valence-electron chi connectivity index (χ0n) is 19.2. The molecule has 2 aliphatic heterocycles. The van der Waals surface area contributed by atoms with E-state index in [0.717, 1.165) is 51.0 Å². The van der Waals surface area contributed by atoms with E-state index in [1.54, 1.807) is 4.68 Å². The summed E-state index contributed by atoms with van der Waals surface area (Å²) in [5.74, 6) is -0.00231. The summed E-state index contributed by atoms with van der Waals surface area (Å²) in [5, 5.41) is 7.50. The number of piperidine rings is 1. The minimum atomic E-state index is -0.118. The highest BCUT2D eigenvalue weighted by Gasteiger charge is 2.39. The molecule has 1 N–H and O–H groups in total. The monoisotopic (exact) mass is 438 g/mol. The Morgan fingerprint density at radius 2 is 1.94 bits per heavy atom. The number of rotatable bonds is 3. The van der Waals surface area contributed by atoms with Gasteiger partial charge in [0.1, 0.15) is 5.69 Å². The molecule has 4 heterocycles. The fourth-order valence-electron chi connectivity index (χ4n) is 4.99. The Kier molecular flexibility index (Phi) is 7.19. The van der Waals surface area contributed by atoms with Gasteiger partial charge in [-0.25, -0.2) is 0 Å². The van der Waals surface area contributed by atoms with Crippen LogP contribution in [0.15, 0.2) is 30.6 Å². The second-order valence-corrected chi connectivity index (χ2v) is 9.04. The van der Waals surface area contributed by atoms with Gasteiger partial charge in [0.2, 0.25) is 5.91 Å². The largest absolute Gasteiger partial charge is 0.356 e. The lowest BCUT2D eigenvalue weighted by Gasteiger charge is -2.43. The second kappa shape index (κ2) is 10.3. The van der Waals surface area contributed by atoms with Gasteiger partial charge < -0.3 is 10.2 Å². The molecule has 0 aliphatic carbocycles. The summed E-state index contributed by atoms with van der Waals surface area (Å²) in [6.07, 6.45) is 8.70. The zero-order valence-corrected chi connectivity index (χ0v) is 19.2. The fraction of sp³-hybridized carbons (Fsp3) is 0.583. The van der Waals surface area contributed by atoms with Crippen LogP contribution in [-0.4, -0.2) is 68.6 Å². The van der Waals surface area contributed by atoms with E-state index in [9.17, 15) is 9.59 Å². The molecule has 2 aromatic heterocycles. The molecule has 0 unspecified atom stereocenters. The Morgan fingerprint density at radius 1 is 1.16 bits per heavy atom. The highest BCUT2D eigenvalue weighted by atomic mass is 16.2. The lowest BCUT2D eigenvalue weighted by molar-refractivity contribution is -0.129. The van der Waals surface area contributed by atoms with Crippen LogP contribution in [0.2, 0.25) is 0 Å². The second-order valence-electron chi connectivity index (χ2n) is 9.04. The average molecular weight is 439 g/mol. The van der Waals surface area contributed by atoms with E-state index in [1.165, 1.54) is 5.56 Å². The van der Waals surface area contributed by atoms with Crippen LogP contribution in [0.1, 0.15) is 53.8 Å². The van der Waals surface area contributed by atoms with Crippen LogP contribution in [0.4, 0.5) is 0 Å². The Labute approximate surface area is 190 Å². The van der Waals surface area contributed by atoms with Crippen LogP contribution in [0.25, 0.3) is 0 Å². The smallest absolute Gasteiger partial charge is 0.272 e. The molecule has 0 bridgehead atoms. The van der Waals surface area contributed by atoms with Gasteiger partial charge in [-0.1, -0.05) is 12.8 Å². The van der Waals surface area contributed by atoms with E-state index >= 15 is 0 Å². The molecular formula is C24H34N6O2. The van der Waals surface area contributed by atoms with Crippen molar-refractivity contribution < 1.29 is 9.59 Å². The summed E-state index contributed by atoms with van der Waals surface area (Å²) in [7, 11) is 1.81. The number of amides is 2. The number of hydrogen-bond acceptors (Lipinski definition) is 5. The van der Waals surface area contributed by atoms with E-state index in [-0.39, 0.29) is 23.8 Å². The molecule has 2 aromatic rings. The molecular weight excluding hydrogens is 404 g/mol. The molecule has 8 nitrogen and oxygen atoms in total. The number of aromatic nitrogens is 3. The van der Waals surface area contributed by atoms with Crippen molar-refractivity contribution in [2.45, 2.75) is 51.6 Å². The first-order valence-corrected chi connectivity index (χ1v) is 11.7. The van der Waals surface area contributed by atoms with Gasteiger partial charge in [-0.3, -0.25) is 24.2 Å². The van der Waals surface area contributed by atoms with Gasteiger partial charge in [-0.2, -0.15) is 5.10 Å². The Hall–Kier alpha value is -2.74. The summed E-state index contributed by atoms with van der Waals surface area (Å²) in [4.78, 5) is 34.9. The van der Waals surface area contributed by atoms with Gasteiger partial charge >= 0.3 is 0 Å². The number of aryl methyl sites for hydroxylation is 2. The normalized spacial score (nSPS) is 23.2. The van der Waals surface area contributed by atoms with E-state index in [2.05, 4.69) is 20.3 Å². The third kappa shape index (κ3) is 5.18. The lowest BCUT2D eigenvalue weighted by atomic mass is 9.88. The summed E-state index contributed by atoms with van der Waals surface area (Å²) >= 11 is 0. The predicted octanol–water partition coefficient (Wildman–Crippen LogP) is 2.15. The predicted molar refractivity (Wildman–Crippen MR) is 122 cm³/mol. The van der Waals surface area contributed by atoms with E-state index in [0.29, 0.717) is 25.2 Å². The van der Waals surface area contributed by atoms with Gasteiger partial charge in [0.15, 0.2) is 0 Å². The molecule has 0 spiro atoms. The van der Waals surface area contributed by atoms with Crippen molar-refractivity contribution in [1.29, 1.82) is 0 Å². The number of nitrogens with one attached hydrogen (secondary N) is 1. The maximum atomic E-state index is 13.3. The summed E-state index contributed by atoms with van der Waals surface area (Å²) < 4.78 is 1.66. The number of carbonyl (C=O) groups is 2. The molecule has 32 heavy (non-hydrogen) atoms. The van der Waals surface area contributed by atoms with Gasteiger partial charge in [-0.15, -0.1) is 0 Å². The maximum absolute atomic E-state index is 13.3. The van der Waals surface area contributed by atoms with Crippen molar-refractivity contribution in [3.63, 3.8) is 0 Å². The Bertz CT molecular complexity index is 928. The first-order chi connectivity index (χ1) is 15.5. The number of pyridine rings is 1. The van der Waals surface area contributed by atoms with Crippen molar-refractivity contribution in [3.8, 4) is 0 Å². The van der Waals surface area contributed by atoms with Crippen molar-refractivity contribution in [2.75, 3.05) is 26.2 Å². The third-order valence-corrected chi connectivity index (χ3v) is 6.70. The van der Waals surface area contributed by atoms with Crippen LogP contribution in [-0.2, 0) is 18.4 Å². The van der Waals surface area contributed by atoms with Crippen molar-refractivity contribution in [1.82, 2.24) is 29.9 Å². The first-order valence-electron chi connectivity index (χ1n) is 11.7. The number of hydrogen-bond donors (Lipinski definition) is 1. The standard InChI is InChI=1S/C24H34N6O2/c1-18-15-21(28(2)27-18)24(32)30-14-9-20-22(17-30)29(16-19-7-11-25-12-8-19)13-6-4-3-5-10-26-23(20)31/h7-8,11-12,15,20,22H,3-6,9-10,13-14,16-17H2,1-2H3,(H,26,31)/t20-,22-/m1/s1. The van der Waals surface area contributed by atoms with Crippen LogP contribution >= 0.6 is 0 Å². The van der Waals surface area contributed by atoms with Crippen molar-refractivity contribution >= 4 is 11.8 Å². The maximum Gasteiger partial charge on any atom is 0.272 e. The highest BCUT2D eigenvalue weighted by molar-refractivity contribution is 5.93. The molecule has 0 radical (unpaired) electrons. The minimum absolute atomic E-state index is 0.00913. The fourth-order valence-corrected chi connectivity index (χ4v) is 4.99. The van der Waals surface area contributed by atoms with E-state index in [4.69, 9.17) is 0 Å². The number of fused-ring (bicyclic) bond motifs is 1. The molecule has 2 saturated heterocycles. The molecule has 172 valence electrons. The summed E-state index contributed by atoms with van der Waals surface area (Å²) in [5.41, 5.74) is 2.61. The molecule has 2 fully saturated rings. The Balaban J connectivity index is 1.60. The summed E-state index contributed by atoms with van der Waals surface area (Å²) in [6, 6.07) is 5.88. The highest BCUT2D eigenvalue weighted by Crippen LogP contribution is 2.27. The molecule has 8 heteroatoms. The molecule has 2 amide bonds. The Morgan fingerprint density at radius 3 is 2.69 bits per heavy atom. The lowest BCUT2D eigenvalue weighted by Crippen LogP contribution is -2.57. The van der Waals surface area contributed by atoms with Gasteiger partial charge in [-0.05, 0) is 56.5 Å². The van der Waals surface area contributed by atoms with Crippen LogP contribution in [0.5, 0.6) is 0 Å².